The van der Waals surface area contributed by atoms with E-state index in [0.717, 1.165) is 22.9 Å². The van der Waals surface area contributed by atoms with E-state index in [1.165, 1.54) is 17.1 Å². The van der Waals surface area contributed by atoms with E-state index >= 15 is 0 Å². The Bertz CT molecular complexity index is 1940. The van der Waals surface area contributed by atoms with Gasteiger partial charge in [-0.3, -0.25) is 8.37 Å². The van der Waals surface area contributed by atoms with Crippen LogP contribution in [0, 0.1) is 11.3 Å². The summed E-state index contributed by atoms with van der Waals surface area (Å²) in [6, 6.07) is 20.6. The van der Waals surface area contributed by atoms with Crippen LogP contribution >= 0.6 is 0 Å². The zero-order valence-corrected chi connectivity index (χ0v) is 28.4. The number of hydrogen-bond donors (Lipinski definition) is 1. The lowest BCUT2D eigenvalue weighted by Gasteiger charge is -2.41. The average molecular weight is 685 g/mol. The van der Waals surface area contributed by atoms with E-state index in [-0.39, 0.29) is 29.0 Å². The molecule has 0 spiro atoms. The highest BCUT2D eigenvalue weighted by Crippen LogP contribution is 2.45. The topological polar surface area (TPSA) is 186 Å². The van der Waals surface area contributed by atoms with Gasteiger partial charge in [-0.05, 0) is 20.8 Å². The van der Waals surface area contributed by atoms with Crippen molar-refractivity contribution in [1.29, 1.82) is 5.26 Å². The molecule has 3 heterocycles. The fourth-order valence-corrected chi connectivity index (χ4v) is 10.3. The lowest BCUT2D eigenvalue weighted by atomic mass is 10.1. The van der Waals surface area contributed by atoms with Gasteiger partial charge in [-0.25, -0.2) is 9.97 Å². The van der Waals surface area contributed by atoms with Crippen molar-refractivity contribution in [2.45, 2.75) is 50.0 Å². The molecule has 0 bridgehead atoms. The second kappa shape index (κ2) is 12.5. The number of nitrogens with zero attached hydrogens (tertiary/aromatic N) is 4. The maximum Gasteiger partial charge on any atom is 0.264 e. The Kier molecular flexibility index (Phi) is 9.14. The maximum absolute atomic E-state index is 13.1. The normalized spacial score (nSPS) is 22.3. The summed E-state index contributed by atoms with van der Waals surface area (Å²) in [5, 5.41) is 10.0. The summed E-state index contributed by atoms with van der Waals surface area (Å²) in [7, 11) is -11.0. The van der Waals surface area contributed by atoms with Gasteiger partial charge in [-0.1, -0.05) is 71.0 Å². The molecule has 4 atom stereocenters. The highest BCUT2D eigenvalue weighted by Gasteiger charge is 2.65. The molecular formula is C30H34N5O8S2Si. The minimum Gasteiger partial charge on any atom is -0.383 e. The number of nitrogen functional groups attached to an aromatic ring is 1. The Balaban J connectivity index is 1.95. The summed E-state index contributed by atoms with van der Waals surface area (Å²) in [4.78, 5) is 8.54. The van der Waals surface area contributed by atoms with Crippen LogP contribution in [0.15, 0.2) is 73.2 Å². The smallest absolute Gasteiger partial charge is 0.264 e. The number of anilines is 1. The monoisotopic (exact) mass is 684 g/mol. The molecule has 13 nitrogen and oxygen atoms in total. The third-order valence-electron chi connectivity index (χ3n) is 7.20. The van der Waals surface area contributed by atoms with Gasteiger partial charge < -0.3 is 19.8 Å². The van der Waals surface area contributed by atoms with Crippen LogP contribution in [0.2, 0.25) is 0 Å². The standard InChI is InChI=1S/C30H34N5O8S2Si/c1-29(2,3)40-18-23-25(42-44(4,36)37)26(43-45(5,38)39)30(41-23,35-17-20(16-31)24-27(32)33-19-34-28(24)35)46(21-12-8-6-9-13-21)22-14-10-7-11-15-22/h6-15,17,19,23,25-26H,18H2,1-5H3,(H2,32,33,34)/t23-,25-,26-,30-/m1/s1. The minimum absolute atomic E-state index is 0.0128. The highest BCUT2D eigenvalue weighted by molar-refractivity contribution is 7.86. The van der Waals surface area contributed by atoms with Gasteiger partial charge >= 0.3 is 0 Å². The summed E-state index contributed by atoms with van der Waals surface area (Å²) in [6.07, 6.45) is 0.0388. The molecule has 0 unspecified atom stereocenters. The van der Waals surface area contributed by atoms with Gasteiger partial charge in [-0.15, -0.1) is 0 Å². The number of rotatable bonds is 10. The van der Waals surface area contributed by atoms with E-state index < -0.39 is 58.3 Å². The number of hydrogen-bond acceptors (Lipinski definition) is 12. The van der Waals surface area contributed by atoms with Crippen LogP contribution < -0.4 is 16.1 Å². The van der Waals surface area contributed by atoms with Crippen molar-refractivity contribution in [2.24, 2.45) is 0 Å². The Morgan fingerprint density at radius 2 is 1.54 bits per heavy atom. The molecule has 2 aromatic heterocycles. The van der Waals surface area contributed by atoms with Gasteiger partial charge in [0, 0.05) is 6.20 Å². The van der Waals surface area contributed by atoms with Crippen molar-refractivity contribution < 1.29 is 34.7 Å². The fourth-order valence-electron chi connectivity index (χ4n) is 5.59. The summed E-state index contributed by atoms with van der Waals surface area (Å²) >= 11 is 0. The van der Waals surface area contributed by atoms with Crippen LogP contribution in [0.25, 0.3) is 11.0 Å². The van der Waals surface area contributed by atoms with Crippen molar-refractivity contribution >= 4 is 56.3 Å². The van der Waals surface area contributed by atoms with Crippen molar-refractivity contribution in [3.8, 4) is 6.07 Å². The Hall–Kier alpha value is -3.69. The van der Waals surface area contributed by atoms with E-state index in [4.69, 9.17) is 23.6 Å². The quantitative estimate of drug-likeness (QED) is 0.187. The zero-order valence-electron chi connectivity index (χ0n) is 25.8. The lowest BCUT2D eigenvalue weighted by molar-refractivity contribution is -0.114. The number of benzene rings is 2. The van der Waals surface area contributed by atoms with Crippen LogP contribution in [-0.4, -0.2) is 83.2 Å². The Labute approximate surface area is 269 Å². The summed E-state index contributed by atoms with van der Waals surface area (Å²) < 4.78 is 78.0. The van der Waals surface area contributed by atoms with Crippen LogP contribution in [-0.2, 0) is 43.4 Å². The second-order valence-electron chi connectivity index (χ2n) is 11.9. The van der Waals surface area contributed by atoms with Gasteiger partial charge in [0.2, 0.25) is 0 Å². The summed E-state index contributed by atoms with van der Waals surface area (Å²) in [5.41, 5.74) is 5.80. The largest absolute Gasteiger partial charge is 0.383 e. The van der Waals surface area contributed by atoms with Crippen molar-refractivity contribution in [1.82, 2.24) is 14.5 Å². The van der Waals surface area contributed by atoms with Crippen LogP contribution in [0.3, 0.4) is 0 Å². The van der Waals surface area contributed by atoms with Gasteiger partial charge in [0.05, 0.1) is 35.7 Å². The van der Waals surface area contributed by atoms with E-state index in [9.17, 15) is 22.1 Å². The number of ether oxygens (including phenoxy) is 2. The predicted molar refractivity (Wildman–Crippen MR) is 173 cm³/mol. The number of nitriles is 1. The molecule has 1 fully saturated rings. The molecule has 0 aliphatic carbocycles. The minimum atomic E-state index is -4.32. The molecule has 2 aromatic carbocycles. The molecule has 1 aliphatic rings. The molecule has 46 heavy (non-hydrogen) atoms. The third-order valence-corrected chi connectivity index (χ3v) is 11.5. The first-order valence-electron chi connectivity index (χ1n) is 14.1. The number of fused-ring (bicyclic) bond motifs is 1. The van der Waals surface area contributed by atoms with E-state index in [0.29, 0.717) is 0 Å². The first-order chi connectivity index (χ1) is 21.5. The SMILES string of the molecule is CC(C)(C)OC[C@H]1O[C@@](n2cc(C#N)c3c(N)ncnc32)([Si](c2ccccc2)c2ccccc2)[C@H](OS(C)(=O)=O)[C@@H]1OS(C)(=O)=O. The van der Waals surface area contributed by atoms with Crippen molar-refractivity contribution in [2.75, 3.05) is 24.9 Å². The molecule has 5 rings (SSSR count). The van der Waals surface area contributed by atoms with Crippen LogP contribution in [0.1, 0.15) is 26.3 Å². The van der Waals surface area contributed by atoms with Gasteiger partial charge in [0.15, 0.2) is 20.2 Å². The molecule has 2 N–H and O–H groups in total. The first kappa shape index (κ1) is 33.7. The predicted octanol–water partition coefficient (Wildman–Crippen LogP) is 1.29. The van der Waals surface area contributed by atoms with Crippen LogP contribution in [0.5, 0.6) is 0 Å². The molecular weight excluding hydrogens is 651 g/mol. The van der Waals surface area contributed by atoms with Crippen molar-refractivity contribution in [3.05, 3.63) is 78.8 Å². The molecule has 4 aromatic rings. The number of aromatic nitrogens is 3. The Morgan fingerprint density at radius 3 is 2.04 bits per heavy atom. The first-order valence-corrected chi connectivity index (χ1v) is 19.3. The molecule has 0 saturated carbocycles. The average Bonchev–Trinajstić information content (AvgIpc) is 3.49. The van der Waals surface area contributed by atoms with Gasteiger partial charge in [-0.2, -0.15) is 22.1 Å². The van der Waals surface area contributed by atoms with E-state index in [1.54, 1.807) is 0 Å². The van der Waals surface area contributed by atoms with Crippen molar-refractivity contribution in [3.63, 3.8) is 0 Å². The summed E-state index contributed by atoms with van der Waals surface area (Å²) in [5.74, 6) is 0.0128. The summed E-state index contributed by atoms with van der Waals surface area (Å²) in [6.45, 7) is 5.24. The third kappa shape index (κ3) is 6.86. The lowest BCUT2D eigenvalue weighted by Crippen LogP contribution is -2.67. The van der Waals surface area contributed by atoms with E-state index in [1.807, 2.05) is 81.4 Å². The molecule has 16 heteroatoms. The molecule has 1 radical (unpaired) electrons. The molecule has 0 amide bonds. The fraction of sp³-hybridized carbons (Fsp3) is 0.367. The van der Waals surface area contributed by atoms with Gasteiger partial charge in [0.1, 0.15) is 36.1 Å². The van der Waals surface area contributed by atoms with Crippen LogP contribution in [0.4, 0.5) is 5.82 Å². The molecule has 243 valence electrons. The van der Waals surface area contributed by atoms with Gasteiger partial charge in [0.25, 0.3) is 20.2 Å². The second-order valence-corrected chi connectivity index (χ2v) is 17.7. The zero-order chi connectivity index (χ0) is 33.5. The molecule has 1 aliphatic heterocycles. The highest BCUT2D eigenvalue weighted by atomic mass is 32.2. The molecule has 1 saturated heterocycles. The Morgan fingerprint density at radius 1 is 0.978 bits per heavy atom. The van der Waals surface area contributed by atoms with E-state index in [2.05, 4.69) is 16.0 Å². The number of nitrogens with two attached hydrogens (primary N) is 1. The maximum atomic E-state index is 13.1.